The number of hydrogen-bond donors (Lipinski definition) is 1. The number of aryl methyl sites for hydroxylation is 1. The number of nitrogens with zero attached hydrogens (tertiary/aromatic N) is 3. The Morgan fingerprint density at radius 1 is 1.31 bits per heavy atom. The zero-order valence-corrected chi connectivity index (χ0v) is 19.8. The molecule has 32 heavy (non-hydrogen) atoms. The van der Waals surface area contributed by atoms with E-state index in [1.807, 2.05) is 37.3 Å². The molecule has 0 aliphatic rings. The van der Waals surface area contributed by atoms with Crippen LogP contribution in [0.4, 0.5) is 5.69 Å². The number of pyridine rings is 1. The molecule has 4 rings (SSSR count). The molecule has 0 bridgehead atoms. The lowest BCUT2D eigenvalue weighted by Crippen LogP contribution is -2.23. The molecule has 1 aromatic carbocycles. The van der Waals surface area contributed by atoms with Crippen molar-refractivity contribution in [2.24, 2.45) is 0 Å². The molecule has 7 nitrogen and oxygen atoms in total. The minimum atomic E-state index is -0.188. The normalized spacial score (nSPS) is 11.2. The minimum absolute atomic E-state index is 0.0743. The molecular weight excluding hydrogens is 444 g/mol. The van der Waals surface area contributed by atoms with Gasteiger partial charge in [0.1, 0.15) is 15.3 Å². The summed E-state index contributed by atoms with van der Waals surface area (Å²) < 4.78 is 7.63. The van der Waals surface area contributed by atoms with E-state index in [2.05, 4.69) is 17.2 Å². The Labute approximate surface area is 193 Å². The SMILES string of the molecule is CCCCn1c(SCC(=O)Nc2cc(C)ccc2OC)nc2c(sc3ncccc32)c1=O. The summed E-state index contributed by atoms with van der Waals surface area (Å²) in [4.78, 5) is 35.9. The van der Waals surface area contributed by atoms with Crippen LogP contribution in [0.3, 0.4) is 0 Å². The zero-order chi connectivity index (χ0) is 22.7. The molecule has 4 aromatic rings. The van der Waals surface area contributed by atoms with Gasteiger partial charge in [-0.3, -0.25) is 14.2 Å². The van der Waals surface area contributed by atoms with Crippen LogP contribution < -0.4 is 15.6 Å². The third-order valence-electron chi connectivity index (χ3n) is 5.01. The van der Waals surface area contributed by atoms with Gasteiger partial charge in [-0.2, -0.15) is 0 Å². The summed E-state index contributed by atoms with van der Waals surface area (Å²) in [5.41, 5.74) is 2.22. The van der Waals surface area contributed by atoms with Crippen LogP contribution in [-0.4, -0.2) is 33.3 Å². The van der Waals surface area contributed by atoms with Gasteiger partial charge in [-0.25, -0.2) is 9.97 Å². The minimum Gasteiger partial charge on any atom is -0.495 e. The van der Waals surface area contributed by atoms with E-state index < -0.39 is 0 Å². The summed E-state index contributed by atoms with van der Waals surface area (Å²) >= 11 is 2.63. The van der Waals surface area contributed by atoms with Gasteiger partial charge in [0.05, 0.1) is 24.1 Å². The van der Waals surface area contributed by atoms with E-state index >= 15 is 0 Å². The summed E-state index contributed by atoms with van der Waals surface area (Å²) in [5.74, 6) is 0.541. The summed E-state index contributed by atoms with van der Waals surface area (Å²) in [7, 11) is 1.57. The molecule has 0 fully saturated rings. The van der Waals surface area contributed by atoms with Crippen LogP contribution in [0.1, 0.15) is 25.3 Å². The number of unbranched alkanes of at least 4 members (excludes halogenated alkanes) is 1. The molecule has 1 amide bonds. The molecule has 0 spiro atoms. The van der Waals surface area contributed by atoms with Crippen LogP contribution in [-0.2, 0) is 11.3 Å². The van der Waals surface area contributed by atoms with Crippen molar-refractivity contribution in [3.63, 3.8) is 0 Å². The second-order valence-corrected chi connectivity index (χ2v) is 9.32. The van der Waals surface area contributed by atoms with Crippen LogP contribution in [0.25, 0.3) is 20.4 Å². The van der Waals surface area contributed by atoms with Crippen molar-refractivity contribution in [2.75, 3.05) is 18.2 Å². The Morgan fingerprint density at radius 2 is 2.16 bits per heavy atom. The fraction of sp³-hybridized carbons (Fsp3) is 0.304. The maximum absolute atomic E-state index is 13.3. The highest BCUT2D eigenvalue weighted by Crippen LogP contribution is 2.31. The quantitative estimate of drug-likeness (QED) is 0.294. The van der Waals surface area contributed by atoms with Gasteiger partial charge in [-0.1, -0.05) is 31.2 Å². The van der Waals surface area contributed by atoms with Crippen molar-refractivity contribution >= 4 is 55.1 Å². The predicted octanol–water partition coefficient (Wildman–Crippen LogP) is 4.85. The molecule has 3 aromatic heterocycles. The maximum atomic E-state index is 13.3. The number of nitrogens with one attached hydrogen (secondary N) is 1. The highest BCUT2D eigenvalue weighted by Gasteiger charge is 2.18. The molecule has 0 aliphatic carbocycles. The van der Waals surface area contributed by atoms with Crippen molar-refractivity contribution in [1.82, 2.24) is 14.5 Å². The molecule has 0 saturated heterocycles. The third kappa shape index (κ3) is 4.49. The summed E-state index contributed by atoms with van der Waals surface area (Å²) in [5, 5.41) is 4.31. The molecule has 0 radical (unpaired) electrons. The number of hydrogen-bond acceptors (Lipinski definition) is 7. The standard InChI is InChI=1S/C23H24N4O3S2/c1-4-5-11-27-22(29)20-19(15-7-6-10-24-21(15)32-20)26-23(27)31-13-18(28)25-16-12-14(2)8-9-17(16)30-3/h6-10,12H,4-5,11,13H2,1-3H3,(H,25,28). The molecular formula is C23H24N4O3S2. The van der Waals surface area contributed by atoms with Crippen molar-refractivity contribution in [2.45, 2.75) is 38.4 Å². The maximum Gasteiger partial charge on any atom is 0.272 e. The van der Waals surface area contributed by atoms with E-state index in [1.54, 1.807) is 17.9 Å². The Kier molecular flexibility index (Phi) is 6.76. The lowest BCUT2D eigenvalue weighted by molar-refractivity contribution is -0.113. The van der Waals surface area contributed by atoms with Crippen LogP contribution in [0.5, 0.6) is 5.75 Å². The average Bonchev–Trinajstić information content (AvgIpc) is 3.16. The van der Waals surface area contributed by atoms with E-state index in [9.17, 15) is 9.59 Å². The molecule has 0 unspecified atom stereocenters. The number of ether oxygens (including phenoxy) is 1. The lowest BCUT2D eigenvalue weighted by atomic mass is 10.2. The lowest BCUT2D eigenvalue weighted by Gasteiger charge is -2.13. The largest absolute Gasteiger partial charge is 0.495 e. The number of carbonyl (C=O) groups excluding carboxylic acids is 1. The highest BCUT2D eigenvalue weighted by molar-refractivity contribution is 7.99. The van der Waals surface area contributed by atoms with Gasteiger partial charge in [0.15, 0.2) is 5.16 Å². The Hall–Kier alpha value is -2.91. The fourth-order valence-electron chi connectivity index (χ4n) is 3.40. The number of amides is 1. The number of carbonyl (C=O) groups is 1. The fourth-order valence-corrected chi connectivity index (χ4v) is 5.25. The third-order valence-corrected chi connectivity index (χ3v) is 7.08. The van der Waals surface area contributed by atoms with Crippen molar-refractivity contribution < 1.29 is 9.53 Å². The first-order valence-electron chi connectivity index (χ1n) is 10.4. The molecule has 0 saturated carbocycles. The zero-order valence-electron chi connectivity index (χ0n) is 18.2. The smallest absolute Gasteiger partial charge is 0.272 e. The van der Waals surface area contributed by atoms with Gasteiger partial charge in [-0.15, -0.1) is 11.3 Å². The average molecular weight is 469 g/mol. The first kappa shape index (κ1) is 22.3. The first-order chi connectivity index (χ1) is 15.5. The molecule has 166 valence electrons. The van der Waals surface area contributed by atoms with E-state index in [-0.39, 0.29) is 17.2 Å². The first-order valence-corrected chi connectivity index (χ1v) is 12.2. The number of anilines is 1. The van der Waals surface area contributed by atoms with Gasteiger partial charge in [-0.05, 0) is 43.2 Å². The van der Waals surface area contributed by atoms with Crippen LogP contribution >= 0.6 is 23.1 Å². The second kappa shape index (κ2) is 9.70. The topological polar surface area (TPSA) is 86.1 Å². The Morgan fingerprint density at radius 3 is 2.94 bits per heavy atom. The van der Waals surface area contributed by atoms with Crippen molar-refractivity contribution in [3.8, 4) is 5.75 Å². The molecule has 3 heterocycles. The number of rotatable bonds is 8. The van der Waals surface area contributed by atoms with Gasteiger partial charge < -0.3 is 10.1 Å². The van der Waals surface area contributed by atoms with Crippen molar-refractivity contribution in [1.29, 1.82) is 0 Å². The monoisotopic (exact) mass is 468 g/mol. The molecule has 0 aliphatic heterocycles. The van der Waals surface area contributed by atoms with Gasteiger partial charge in [0.2, 0.25) is 5.91 Å². The van der Waals surface area contributed by atoms with Gasteiger partial charge in [0, 0.05) is 18.1 Å². The number of thioether (sulfide) groups is 1. The van der Waals surface area contributed by atoms with Crippen LogP contribution in [0.15, 0.2) is 46.5 Å². The van der Waals surface area contributed by atoms with E-state index in [0.29, 0.717) is 33.4 Å². The highest BCUT2D eigenvalue weighted by atomic mass is 32.2. The van der Waals surface area contributed by atoms with Gasteiger partial charge in [0.25, 0.3) is 5.56 Å². The van der Waals surface area contributed by atoms with E-state index in [1.165, 1.54) is 23.1 Å². The van der Waals surface area contributed by atoms with Crippen LogP contribution in [0.2, 0.25) is 0 Å². The summed E-state index contributed by atoms with van der Waals surface area (Å²) in [6, 6.07) is 9.39. The second-order valence-electron chi connectivity index (χ2n) is 7.38. The summed E-state index contributed by atoms with van der Waals surface area (Å²) in [6.45, 7) is 4.60. The number of thiophene rings is 1. The van der Waals surface area contributed by atoms with Gasteiger partial charge >= 0.3 is 0 Å². The number of fused-ring (bicyclic) bond motifs is 3. The Bertz CT molecular complexity index is 1350. The molecule has 9 heteroatoms. The number of aromatic nitrogens is 3. The van der Waals surface area contributed by atoms with Crippen molar-refractivity contribution in [3.05, 3.63) is 52.4 Å². The molecule has 0 atom stereocenters. The van der Waals surface area contributed by atoms with E-state index in [0.717, 1.165) is 28.6 Å². The predicted molar refractivity (Wildman–Crippen MR) is 131 cm³/mol. The van der Waals surface area contributed by atoms with Crippen LogP contribution in [0, 0.1) is 6.92 Å². The number of benzene rings is 1. The number of methoxy groups -OCH3 is 1. The summed E-state index contributed by atoms with van der Waals surface area (Å²) in [6.07, 6.45) is 3.53. The molecule has 1 N–H and O–H groups in total. The van der Waals surface area contributed by atoms with E-state index in [4.69, 9.17) is 9.72 Å². The Balaban J connectivity index is 1.64.